The van der Waals surface area contributed by atoms with Gasteiger partial charge in [-0.05, 0) is 6.42 Å². The summed E-state index contributed by atoms with van der Waals surface area (Å²) in [5.41, 5.74) is 0. The van der Waals surface area contributed by atoms with Crippen LogP contribution in [0.3, 0.4) is 0 Å². The second-order valence-corrected chi connectivity index (χ2v) is 4.66. The van der Waals surface area contributed by atoms with Gasteiger partial charge >= 0.3 is 11.9 Å². The molecule has 0 amide bonds. The smallest absolute Gasteiger partial charge is 0.321 e. The summed E-state index contributed by atoms with van der Waals surface area (Å²) in [6.45, 7) is 1.70. The Kier molecular flexibility index (Phi) is 6.69. The van der Waals surface area contributed by atoms with Gasteiger partial charge in [0, 0.05) is 13.0 Å². The first-order chi connectivity index (χ1) is 7.82. The lowest BCUT2D eigenvalue weighted by molar-refractivity contribution is -0.142. The molecule has 0 aromatic carbocycles. The van der Waals surface area contributed by atoms with Crippen LogP contribution in [-0.4, -0.2) is 45.2 Å². The molecule has 0 heterocycles. The zero-order valence-electron chi connectivity index (χ0n) is 9.60. The van der Waals surface area contributed by atoms with Crippen LogP contribution in [0.2, 0.25) is 0 Å². The maximum Gasteiger partial charge on any atom is 0.321 e. The Balaban J connectivity index is 4.45. The fourth-order valence-corrected chi connectivity index (χ4v) is 2.07. The largest absolute Gasteiger partial charge is 0.480 e. The molecule has 0 saturated heterocycles. The highest BCUT2D eigenvalue weighted by molar-refractivity contribution is 7.87. The molecule has 0 aliphatic heterocycles. The first-order valence-corrected chi connectivity index (χ1v) is 6.37. The zero-order chi connectivity index (χ0) is 13.5. The maximum atomic E-state index is 11.3. The zero-order valence-corrected chi connectivity index (χ0v) is 10.4. The van der Waals surface area contributed by atoms with Gasteiger partial charge in [0.1, 0.15) is 6.04 Å². The molecule has 0 spiro atoms. The van der Waals surface area contributed by atoms with E-state index in [1.165, 1.54) is 7.11 Å². The van der Waals surface area contributed by atoms with Crippen molar-refractivity contribution in [3.8, 4) is 0 Å². The maximum absolute atomic E-state index is 11.3. The number of rotatable bonds is 8. The summed E-state index contributed by atoms with van der Waals surface area (Å²) in [5.74, 6) is -1.95. The van der Waals surface area contributed by atoms with Crippen molar-refractivity contribution in [1.29, 1.82) is 0 Å². The molecule has 0 fully saturated rings. The van der Waals surface area contributed by atoms with Crippen molar-refractivity contribution in [2.45, 2.75) is 25.8 Å². The van der Waals surface area contributed by atoms with E-state index in [0.29, 0.717) is 0 Å². The number of ether oxygens (including phenoxy) is 1. The van der Waals surface area contributed by atoms with E-state index in [2.05, 4.69) is 9.46 Å². The minimum Gasteiger partial charge on any atom is -0.480 e. The number of carboxylic acid groups (broad SMARTS) is 1. The van der Waals surface area contributed by atoms with Gasteiger partial charge in [-0.2, -0.15) is 13.1 Å². The summed E-state index contributed by atoms with van der Waals surface area (Å²) in [4.78, 5) is 21.6. The number of aliphatic carboxylic acids is 1. The molecule has 0 rings (SSSR count). The van der Waals surface area contributed by atoms with E-state index >= 15 is 0 Å². The normalized spacial score (nSPS) is 13.1. The van der Waals surface area contributed by atoms with Gasteiger partial charge in [-0.3, -0.25) is 9.59 Å². The van der Waals surface area contributed by atoms with Crippen molar-refractivity contribution in [3.63, 3.8) is 0 Å². The molecule has 0 radical (unpaired) electrons. The van der Waals surface area contributed by atoms with E-state index < -0.39 is 28.2 Å². The van der Waals surface area contributed by atoms with Crippen LogP contribution in [0.15, 0.2) is 0 Å². The van der Waals surface area contributed by atoms with Crippen LogP contribution in [0.4, 0.5) is 0 Å². The van der Waals surface area contributed by atoms with Crippen LogP contribution in [0, 0.1) is 0 Å². The van der Waals surface area contributed by atoms with Crippen molar-refractivity contribution in [2.24, 2.45) is 0 Å². The van der Waals surface area contributed by atoms with E-state index in [1.54, 1.807) is 6.92 Å². The first kappa shape index (κ1) is 15.8. The fourth-order valence-electron chi connectivity index (χ4n) is 1.02. The number of carbonyl (C=O) groups is 2. The number of esters is 1. The molecule has 0 bridgehead atoms. The van der Waals surface area contributed by atoms with E-state index in [0.717, 1.165) is 0 Å². The van der Waals surface area contributed by atoms with Gasteiger partial charge in [0.2, 0.25) is 0 Å². The van der Waals surface area contributed by atoms with Crippen molar-refractivity contribution in [2.75, 3.05) is 13.7 Å². The highest BCUT2D eigenvalue weighted by Crippen LogP contribution is 2.00. The molecule has 17 heavy (non-hydrogen) atoms. The Labute approximate surface area is 99.5 Å². The summed E-state index contributed by atoms with van der Waals surface area (Å²) in [6, 6.07) is -1.36. The third-order valence-corrected chi connectivity index (χ3v) is 3.06. The Morgan fingerprint density at radius 2 is 2.00 bits per heavy atom. The van der Waals surface area contributed by atoms with Crippen LogP contribution in [-0.2, 0) is 24.5 Å². The molecule has 0 aromatic heterocycles. The van der Waals surface area contributed by atoms with Crippen molar-refractivity contribution < 1.29 is 27.9 Å². The summed E-state index contributed by atoms with van der Waals surface area (Å²) in [7, 11) is -2.70. The fraction of sp³-hybridized carbons (Fsp3) is 0.750. The SMILES string of the molecule is CCNS(=O)(=O)N[C@H](CCC(=O)OC)C(=O)O. The van der Waals surface area contributed by atoms with Crippen LogP contribution in [0.25, 0.3) is 0 Å². The lowest BCUT2D eigenvalue weighted by Crippen LogP contribution is -2.46. The number of carbonyl (C=O) groups excluding carboxylic acids is 1. The summed E-state index contributed by atoms with van der Waals surface area (Å²) in [6.07, 6.45) is -0.352. The number of carboxylic acids is 1. The van der Waals surface area contributed by atoms with Gasteiger partial charge in [0.15, 0.2) is 0 Å². The summed E-state index contributed by atoms with van der Waals surface area (Å²) < 4.78 is 30.9. The molecule has 0 aromatic rings. The number of nitrogens with one attached hydrogen (secondary N) is 2. The molecule has 0 aliphatic carbocycles. The van der Waals surface area contributed by atoms with Crippen LogP contribution in [0.1, 0.15) is 19.8 Å². The van der Waals surface area contributed by atoms with Crippen molar-refractivity contribution >= 4 is 22.1 Å². The molecule has 0 unspecified atom stereocenters. The lowest BCUT2D eigenvalue weighted by Gasteiger charge is -2.14. The van der Waals surface area contributed by atoms with Gasteiger partial charge in [-0.1, -0.05) is 6.92 Å². The molecular weight excluding hydrogens is 252 g/mol. The van der Waals surface area contributed by atoms with Gasteiger partial charge in [-0.15, -0.1) is 0 Å². The minimum atomic E-state index is -3.86. The van der Waals surface area contributed by atoms with Gasteiger partial charge in [0.05, 0.1) is 7.11 Å². The van der Waals surface area contributed by atoms with Crippen molar-refractivity contribution in [3.05, 3.63) is 0 Å². The van der Waals surface area contributed by atoms with E-state index in [-0.39, 0.29) is 19.4 Å². The highest BCUT2D eigenvalue weighted by Gasteiger charge is 2.24. The highest BCUT2D eigenvalue weighted by atomic mass is 32.2. The van der Waals surface area contributed by atoms with E-state index in [1.807, 2.05) is 4.72 Å². The molecule has 100 valence electrons. The van der Waals surface area contributed by atoms with Crippen LogP contribution >= 0.6 is 0 Å². The molecule has 0 saturated carbocycles. The lowest BCUT2D eigenvalue weighted by atomic mass is 10.2. The Morgan fingerprint density at radius 3 is 2.41 bits per heavy atom. The average molecular weight is 268 g/mol. The molecule has 1 atom stereocenters. The van der Waals surface area contributed by atoms with Gasteiger partial charge < -0.3 is 9.84 Å². The van der Waals surface area contributed by atoms with Gasteiger partial charge in [0.25, 0.3) is 10.2 Å². The quantitative estimate of drug-likeness (QED) is 0.477. The first-order valence-electron chi connectivity index (χ1n) is 4.89. The second-order valence-electron chi connectivity index (χ2n) is 3.12. The second kappa shape index (κ2) is 7.20. The predicted octanol–water partition coefficient (Wildman–Crippen LogP) is -1.16. The average Bonchev–Trinajstić information content (AvgIpc) is 2.23. The standard InChI is InChI=1S/C8H16N2O6S/c1-3-9-17(14,15)10-6(8(12)13)4-5-7(11)16-2/h6,9-10H,3-5H2,1-2H3,(H,12,13)/t6-/m1/s1. The Morgan fingerprint density at radius 1 is 1.41 bits per heavy atom. The van der Waals surface area contributed by atoms with Crippen molar-refractivity contribution in [1.82, 2.24) is 9.44 Å². The van der Waals surface area contributed by atoms with Gasteiger partial charge in [-0.25, -0.2) is 4.72 Å². The van der Waals surface area contributed by atoms with E-state index in [4.69, 9.17) is 5.11 Å². The molecule has 9 heteroatoms. The molecule has 8 nitrogen and oxygen atoms in total. The van der Waals surface area contributed by atoms with E-state index in [9.17, 15) is 18.0 Å². The minimum absolute atomic E-state index is 0.138. The Bertz CT molecular complexity index is 366. The van der Waals surface area contributed by atoms with Crippen LogP contribution < -0.4 is 9.44 Å². The number of methoxy groups -OCH3 is 1. The Hall–Kier alpha value is -1.19. The summed E-state index contributed by atoms with van der Waals surface area (Å²) in [5, 5.41) is 8.78. The molecule has 0 aliphatic rings. The topological polar surface area (TPSA) is 122 Å². The number of hydrogen-bond donors (Lipinski definition) is 3. The monoisotopic (exact) mass is 268 g/mol. The third kappa shape index (κ3) is 6.87. The predicted molar refractivity (Wildman–Crippen MR) is 58.4 cm³/mol. The number of hydrogen-bond acceptors (Lipinski definition) is 5. The van der Waals surface area contributed by atoms with Crippen LogP contribution in [0.5, 0.6) is 0 Å². The third-order valence-electron chi connectivity index (χ3n) is 1.79. The molecule has 3 N–H and O–H groups in total. The molecular formula is C8H16N2O6S. The summed E-state index contributed by atoms with van der Waals surface area (Å²) >= 11 is 0.